The molecule has 1 atom stereocenters. The first kappa shape index (κ1) is 17.7. The maximum absolute atomic E-state index is 12.6. The predicted octanol–water partition coefficient (Wildman–Crippen LogP) is 2.14. The third-order valence-electron chi connectivity index (χ3n) is 6.04. The number of sulfonamides is 1. The Labute approximate surface area is 155 Å². The predicted molar refractivity (Wildman–Crippen MR) is 99.9 cm³/mol. The zero-order valence-corrected chi connectivity index (χ0v) is 16.0. The molecule has 7 heteroatoms. The van der Waals surface area contributed by atoms with Gasteiger partial charge in [0.15, 0.2) is 0 Å². The summed E-state index contributed by atoms with van der Waals surface area (Å²) in [7, 11) is -1.49. The van der Waals surface area contributed by atoms with E-state index in [2.05, 4.69) is 20.9 Å². The summed E-state index contributed by atoms with van der Waals surface area (Å²) < 4.78 is 30.1. The molecular formula is C19H26N4O2S. The van der Waals surface area contributed by atoms with Crippen molar-refractivity contribution in [3.05, 3.63) is 48.3 Å². The van der Waals surface area contributed by atoms with E-state index < -0.39 is 10.0 Å². The molecular weight excluding hydrogens is 348 g/mol. The fourth-order valence-corrected chi connectivity index (χ4v) is 5.70. The van der Waals surface area contributed by atoms with Crippen LogP contribution < -0.4 is 4.72 Å². The molecule has 1 spiro atoms. The lowest BCUT2D eigenvalue weighted by Crippen LogP contribution is -2.58. The van der Waals surface area contributed by atoms with Crippen molar-refractivity contribution in [2.24, 2.45) is 12.5 Å². The first-order valence-electron chi connectivity index (χ1n) is 9.24. The molecule has 1 aromatic heterocycles. The highest BCUT2D eigenvalue weighted by molar-refractivity contribution is 7.89. The van der Waals surface area contributed by atoms with E-state index in [9.17, 15) is 8.42 Å². The van der Waals surface area contributed by atoms with E-state index in [0.29, 0.717) is 4.90 Å². The van der Waals surface area contributed by atoms with E-state index in [0.717, 1.165) is 45.3 Å². The lowest BCUT2D eigenvalue weighted by Gasteiger charge is -2.54. The molecule has 2 fully saturated rings. The second-order valence-corrected chi connectivity index (χ2v) is 9.40. The van der Waals surface area contributed by atoms with Gasteiger partial charge < -0.3 is 0 Å². The van der Waals surface area contributed by atoms with Crippen molar-refractivity contribution < 1.29 is 8.42 Å². The summed E-state index contributed by atoms with van der Waals surface area (Å²) in [5.74, 6) is 0. The minimum atomic E-state index is -3.43. The van der Waals surface area contributed by atoms with E-state index in [4.69, 9.17) is 0 Å². The first-order valence-corrected chi connectivity index (χ1v) is 10.7. The van der Waals surface area contributed by atoms with Crippen LogP contribution in [0.3, 0.4) is 0 Å². The van der Waals surface area contributed by atoms with Crippen LogP contribution in [0.4, 0.5) is 0 Å². The Morgan fingerprint density at radius 1 is 1.19 bits per heavy atom. The summed E-state index contributed by atoms with van der Waals surface area (Å²) in [6, 6.07) is 8.74. The highest BCUT2D eigenvalue weighted by atomic mass is 32.2. The van der Waals surface area contributed by atoms with Crippen LogP contribution in [0.2, 0.25) is 0 Å². The maximum Gasteiger partial charge on any atom is 0.240 e. The Morgan fingerprint density at radius 2 is 1.92 bits per heavy atom. The molecule has 140 valence electrons. The Hall–Kier alpha value is -1.70. The number of hydrogen-bond donors (Lipinski definition) is 1. The number of likely N-dealkylation sites (tertiary alicyclic amines) is 1. The van der Waals surface area contributed by atoms with E-state index in [1.807, 2.05) is 24.0 Å². The second kappa shape index (κ2) is 6.79. The molecule has 2 aromatic rings. The van der Waals surface area contributed by atoms with Crippen LogP contribution in [0.15, 0.2) is 47.6 Å². The molecule has 1 aliphatic heterocycles. The fourth-order valence-electron chi connectivity index (χ4n) is 4.30. The van der Waals surface area contributed by atoms with Crippen molar-refractivity contribution in [3.8, 4) is 0 Å². The van der Waals surface area contributed by atoms with Gasteiger partial charge in [0, 0.05) is 31.4 Å². The van der Waals surface area contributed by atoms with Crippen molar-refractivity contribution in [1.29, 1.82) is 0 Å². The van der Waals surface area contributed by atoms with Crippen molar-refractivity contribution in [2.75, 3.05) is 13.1 Å². The minimum absolute atomic E-state index is 0.0632. The van der Waals surface area contributed by atoms with Crippen LogP contribution in [0.5, 0.6) is 0 Å². The Balaban J connectivity index is 1.37. The van der Waals surface area contributed by atoms with Crippen LogP contribution in [0.25, 0.3) is 0 Å². The van der Waals surface area contributed by atoms with Gasteiger partial charge in [-0.25, -0.2) is 13.1 Å². The Bertz CT molecular complexity index is 855. The SMILES string of the molecule is Cn1cc(CN2CCC3(CCC3NS(=O)(=O)c3ccccc3)CC2)cn1. The van der Waals surface area contributed by atoms with Crippen LogP contribution in [-0.4, -0.2) is 42.2 Å². The van der Waals surface area contributed by atoms with Crippen molar-refractivity contribution in [2.45, 2.75) is 43.2 Å². The smallest absolute Gasteiger partial charge is 0.240 e. The third kappa shape index (κ3) is 3.43. The highest BCUT2D eigenvalue weighted by Crippen LogP contribution is 2.49. The molecule has 0 radical (unpaired) electrons. The van der Waals surface area contributed by atoms with Gasteiger partial charge in [-0.2, -0.15) is 5.10 Å². The summed E-state index contributed by atoms with van der Waals surface area (Å²) in [6.45, 7) is 2.95. The molecule has 1 aliphatic carbocycles. The van der Waals surface area contributed by atoms with E-state index in [1.165, 1.54) is 5.56 Å². The molecule has 2 heterocycles. The van der Waals surface area contributed by atoms with E-state index in [-0.39, 0.29) is 11.5 Å². The molecule has 1 N–H and O–H groups in total. The van der Waals surface area contributed by atoms with Gasteiger partial charge in [-0.05, 0) is 56.3 Å². The molecule has 2 aliphatic rings. The standard InChI is InChI=1S/C19H26N4O2S/c1-22-14-16(13-20-22)15-23-11-9-19(10-12-23)8-7-18(19)21-26(24,25)17-5-3-2-4-6-17/h2-6,13-14,18,21H,7-12,15H2,1H3. The third-order valence-corrected chi connectivity index (χ3v) is 7.52. The Kier molecular flexibility index (Phi) is 4.62. The molecule has 1 saturated carbocycles. The van der Waals surface area contributed by atoms with Crippen LogP contribution in [0, 0.1) is 5.41 Å². The summed E-state index contributed by atoms with van der Waals surface area (Å²) in [6.07, 6.45) is 8.14. The number of nitrogens with one attached hydrogen (secondary N) is 1. The van der Waals surface area contributed by atoms with Crippen molar-refractivity contribution in [1.82, 2.24) is 19.4 Å². The minimum Gasteiger partial charge on any atom is -0.299 e. The van der Waals surface area contributed by atoms with Crippen LogP contribution in [-0.2, 0) is 23.6 Å². The van der Waals surface area contributed by atoms with Gasteiger partial charge in [0.2, 0.25) is 10.0 Å². The summed E-state index contributed by atoms with van der Waals surface area (Å²) in [5, 5.41) is 4.23. The van der Waals surface area contributed by atoms with Crippen LogP contribution in [0.1, 0.15) is 31.2 Å². The second-order valence-electron chi connectivity index (χ2n) is 7.69. The molecule has 6 nitrogen and oxygen atoms in total. The Morgan fingerprint density at radius 3 is 2.50 bits per heavy atom. The van der Waals surface area contributed by atoms with Gasteiger partial charge in [-0.15, -0.1) is 0 Å². The summed E-state index contributed by atoms with van der Waals surface area (Å²) in [4.78, 5) is 2.81. The molecule has 1 aromatic carbocycles. The number of piperidine rings is 1. The number of aromatic nitrogens is 2. The lowest BCUT2D eigenvalue weighted by atomic mass is 9.59. The molecule has 4 rings (SSSR count). The topological polar surface area (TPSA) is 67.2 Å². The number of rotatable bonds is 5. The molecule has 0 amide bonds. The zero-order valence-electron chi connectivity index (χ0n) is 15.1. The van der Waals surface area contributed by atoms with Gasteiger partial charge in [0.25, 0.3) is 0 Å². The maximum atomic E-state index is 12.6. The fraction of sp³-hybridized carbons (Fsp3) is 0.526. The van der Waals surface area contributed by atoms with Gasteiger partial charge in [0.1, 0.15) is 0 Å². The number of benzene rings is 1. The first-order chi connectivity index (χ1) is 12.5. The zero-order chi connectivity index (χ0) is 18.2. The van der Waals surface area contributed by atoms with Gasteiger partial charge in [-0.1, -0.05) is 18.2 Å². The molecule has 1 unspecified atom stereocenters. The monoisotopic (exact) mass is 374 g/mol. The van der Waals surface area contributed by atoms with Crippen LogP contribution >= 0.6 is 0 Å². The van der Waals surface area contributed by atoms with E-state index >= 15 is 0 Å². The molecule has 0 bridgehead atoms. The number of hydrogen-bond acceptors (Lipinski definition) is 4. The average molecular weight is 375 g/mol. The lowest BCUT2D eigenvalue weighted by molar-refractivity contribution is 0.000699. The highest BCUT2D eigenvalue weighted by Gasteiger charge is 2.49. The number of aryl methyl sites for hydroxylation is 1. The van der Waals surface area contributed by atoms with Gasteiger partial charge >= 0.3 is 0 Å². The molecule has 1 saturated heterocycles. The largest absolute Gasteiger partial charge is 0.299 e. The quantitative estimate of drug-likeness (QED) is 0.871. The van der Waals surface area contributed by atoms with Crippen molar-refractivity contribution in [3.63, 3.8) is 0 Å². The number of nitrogens with zero attached hydrogens (tertiary/aromatic N) is 3. The molecule has 26 heavy (non-hydrogen) atoms. The summed E-state index contributed by atoms with van der Waals surface area (Å²) >= 11 is 0. The van der Waals surface area contributed by atoms with Gasteiger partial charge in [0.05, 0.1) is 11.1 Å². The van der Waals surface area contributed by atoms with E-state index in [1.54, 1.807) is 24.3 Å². The summed E-state index contributed by atoms with van der Waals surface area (Å²) in [5.41, 5.74) is 1.37. The van der Waals surface area contributed by atoms with Gasteiger partial charge in [-0.3, -0.25) is 9.58 Å². The van der Waals surface area contributed by atoms with Crippen molar-refractivity contribution >= 4 is 10.0 Å². The average Bonchev–Trinajstić information content (AvgIpc) is 3.05. The normalized spacial score (nSPS) is 23.0.